The monoisotopic (exact) mass is 353 g/mol. The molecule has 1 N–H and O–H groups in total. The second kappa shape index (κ2) is 6.91. The third kappa shape index (κ3) is 3.74. The first kappa shape index (κ1) is 14.3. The molecule has 0 radical (unpaired) electrons. The van der Waals surface area contributed by atoms with Crippen molar-refractivity contribution in [3.05, 3.63) is 34.4 Å². The number of nitrogens with one attached hydrogen (secondary N) is 1. The van der Waals surface area contributed by atoms with Gasteiger partial charge in [-0.1, -0.05) is 5.16 Å². The zero-order valence-electron chi connectivity index (χ0n) is 11.5. The van der Waals surface area contributed by atoms with Crippen molar-refractivity contribution < 1.29 is 14.0 Å². The second-order valence-electron chi connectivity index (χ2n) is 4.72. The second-order valence-corrected chi connectivity index (χ2v) is 5.57. The Bertz CT molecular complexity index is 589. The van der Waals surface area contributed by atoms with Crippen molar-refractivity contribution in [2.45, 2.75) is 19.4 Å². The highest BCUT2D eigenvalue weighted by Gasteiger charge is 2.15. The van der Waals surface area contributed by atoms with E-state index in [0.29, 0.717) is 25.5 Å². The highest BCUT2D eigenvalue weighted by atomic mass is 79.9. The van der Waals surface area contributed by atoms with Crippen LogP contribution in [0.4, 0.5) is 0 Å². The number of nitrogens with zero attached hydrogens (tertiary/aromatic N) is 2. The van der Waals surface area contributed by atoms with Gasteiger partial charge in [0, 0.05) is 25.9 Å². The molecule has 112 valence electrons. The number of hydrogen-bond acceptors (Lipinski definition) is 6. The third-order valence-electron chi connectivity index (χ3n) is 3.11. The van der Waals surface area contributed by atoms with Gasteiger partial charge < -0.3 is 19.3 Å². The molecule has 3 rings (SSSR count). The van der Waals surface area contributed by atoms with Gasteiger partial charge in [-0.05, 0) is 33.6 Å². The molecule has 2 aromatic rings. The Labute approximate surface area is 131 Å². The molecule has 6 nitrogen and oxygen atoms in total. The molecule has 0 bridgehead atoms. The van der Waals surface area contributed by atoms with E-state index in [-0.39, 0.29) is 0 Å². The number of fused-ring (bicyclic) bond motifs is 1. The maximum Gasteiger partial charge on any atom is 0.227 e. The van der Waals surface area contributed by atoms with Gasteiger partial charge in [-0.25, -0.2) is 0 Å². The van der Waals surface area contributed by atoms with Crippen molar-refractivity contribution in [2.75, 3.05) is 19.8 Å². The van der Waals surface area contributed by atoms with E-state index in [1.807, 2.05) is 12.1 Å². The van der Waals surface area contributed by atoms with Crippen LogP contribution in [0.15, 0.2) is 27.5 Å². The first-order chi connectivity index (χ1) is 10.3. The van der Waals surface area contributed by atoms with Crippen LogP contribution in [0.1, 0.15) is 17.9 Å². The molecule has 2 heterocycles. The first-order valence-electron chi connectivity index (χ1n) is 6.87. The lowest BCUT2D eigenvalue weighted by molar-refractivity contribution is 0.296. The van der Waals surface area contributed by atoms with Crippen LogP contribution in [-0.2, 0) is 13.0 Å². The lowest BCUT2D eigenvalue weighted by Crippen LogP contribution is -2.17. The van der Waals surface area contributed by atoms with Gasteiger partial charge in [-0.15, -0.1) is 0 Å². The maximum absolute atomic E-state index is 5.72. The minimum atomic E-state index is 0.641. The SMILES string of the molecule is Brc1cc(CNCCc2ncno2)cc2c1OCCCO2. The summed E-state index contributed by atoms with van der Waals surface area (Å²) in [6.07, 6.45) is 3.03. The lowest BCUT2D eigenvalue weighted by atomic mass is 10.2. The van der Waals surface area contributed by atoms with Crippen LogP contribution < -0.4 is 14.8 Å². The highest BCUT2D eigenvalue weighted by Crippen LogP contribution is 2.38. The Hall–Kier alpha value is -1.60. The van der Waals surface area contributed by atoms with Crippen LogP contribution in [-0.4, -0.2) is 29.9 Å². The van der Waals surface area contributed by atoms with Crippen molar-refractivity contribution in [3.8, 4) is 11.5 Å². The van der Waals surface area contributed by atoms with Crippen molar-refractivity contribution in [1.29, 1.82) is 0 Å². The molecular weight excluding hydrogens is 338 g/mol. The molecule has 0 amide bonds. The van der Waals surface area contributed by atoms with Crippen molar-refractivity contribution >= 4 is 15.9 Å². The van der Waals surface area contributed by atoms with Gasteiger partial charge in [0.15, 0.2) is 17.8 Å². The molecule has 21 heavy (non-hydrogen) atoms. The number of halogens is 1. The van der Waals surface area contributed by atoms with Crippen LogP contribution in [0.3, 0.4) is 0 Å². The maximum atomic E-state index is 5.72. The van der Waals surface area contributed by atoms with Gasteiger partial charge in [0.25, 0.3) is 0 Å². The van der Waals surface area contributed by atoms with Crippen molar-refractivity contribution in [1.82, 2.24) is 15.5 Å². The van der Waals surface area contributed by atoms with Gasteiger partial charge in [0.05, 0.1) is 17.7 Å². The Morgan fingerprint density at radius 2 is 2.14 bits per heavy atom. The summed E-state index contributed by atoms with van der Waals surface area (Å²) in [4.78, 5) is 3.98. The molecule has 0 spiro atoms. The van der Waals surface area contributed by atoms with Gasteiger partial charge >= 0.3 is 0 Å². The molecule has 1 aliphatic heterocycles. The molecule has 0 unspecified atom stereocenters. The third-order valence-corrected chi connectivity index (χ3v) is 3.70. The average molecular weight is 354 g/mol. The summed E-state index contributed by atoms with van der Waals surface area (Å²) in [6.45, 7) is 2.89. The molecule has 0 saturated carbocycles. The zero-order valence-corrected chi connectivity index (χ0v) is 13.1. The van der Waals surface area contributed by atoms with Gasteiger partial charge in [0.2, 0.25) is 5.89 Å². The summed E-state index contributed by atoms with van der Waals surface area (Å²) in [5.41, 5.74) is 1.14. The summed E-state index contributed by atoms with van der Waals surface area (Å²) in [7, 11) is 0. The van der Waals surface area contributed by atoms with Gasteiger partial charge in [-0.3, -0.25) is 0 Å². The van der Waals surface area contributed by atoms with Crippen molar-refractivity contribution in [2.24, 2.45) is 0 Å². The van der Waals surface area contributed by atoms with E-state index in [9.17, 15) is 0 Å². The molecule has 0 atom stereocenters. The fourth-order valence-electron chi connectivity index (χ4n) is 2.12. The standard InChI is InChI=1S/C14H16BrN3O3/c15-11-6-10(7-12-14(11)20-5-1-4-19-12)8-16-3-2-13-17-9-18-21-13/h6-7,9,16H,1-5,8H2. The smallest absolute Gasteiger partial charge is 0.227 e. The largest absolute Gasteiger partial charge is 0.490 e. The van der Waals surface area contributed by atoms with Crippen LogP contribution in [0.2, 0.25) is 0 Å². The minimum Gasteiger partial charge on any atom is -0.490 e. The number of ether oxygens (including phenoxy) is 2. The van der Waals surface area contributed by atoms with E-state index >= 15 is 0 Å². The zero-order chi connectivity index (χ0) is 14.5. The molecular formula is C14H16BrN3O3. The predicted molar refractivity (Wildman–Crippen MR) is 79.5 cm³/mol. The molecule has 1 aromatic heterocycles. The molecule has 0 fully saturated rings. The molecule has 0 saturated heterocycles. The summed E-state index contributed by atoms with van der Waals surface area (Å²) in [5.74, 6) is 2.24. The Balaban J connectivity index is 1.58. The summed E-state index contributed by atoms with van der Waals surface area (Å²) in [6, 6.07) is 4.07. The predicted octanol–water partition coefficient (Wildman–Crippen LogP) is 2.33. The molecule has 7 heteroatoms. The summed E-state index contributed by atoms with van der Waals surface area (Å²) < 4.78 is 17.3. The molecule has 1 aromatic carbocycles. The average Bonchev–Trinajstić information content (AvgIpc) is 2.87. The van der Waals surface area contributed by atoms with Crippen LogP contribution in [0.25, 0.3) is 0 Å². The number of aromatic nitrogens is 2. The fourth-order valence-corrected chi connectivity index (χ4v) is 2.72. The topological polar surface area (TPSA) is 69.4 Å². The number of benzene rings is 1. The van der Waals surface area contributed by atoms with E-state index < -0.39 is 0 Å². The van der Waals surface area contributed by atoms with E-state index in [1.165, 1.54) is 6.33 Å². The summed E-state index contributed by atoms with van der Waals surface area (Å²) >= 11 is 3.54. The van der Waals surface area contributed by atoms with E-state index in [2.05, 4.69) is 31.4 Å². The van der Waals surface area contributed by atoms with E-state index in [1.54, 1.807) is 0 Å². The molecule has 0 aliphatic carbocycles. The van der Waals surface area contributed by atoms with Gasteiger partial charge in [0.1, 0.15) is 0 Å². The van der Waals surface area contributed by atoms with Crippen molar-refractivity contribution in [3.63, 3.8) is 0 Å². The molecule has 1 aliphatic rings. The first-order valence-corrected chi connectivity index (χ1v) is 7.66. The van der Waals surface area contributed by atoms with E-state index in [4.69, 9.17) is 14.0 Å². The number of rotatable bonds is 5. The van der Waals surface area contributed by atoms with Crippen LogP contribution in [0.5, 0.6) is 11.5 Å². The normalized spacial score (nSPS) is 14.0. The Kier molecular flexibility index (Phi) is 4.72. The quantitative estimate of drug-likeness (QED) is 0.832. The van der Waals surface area contributed by atoms with Gasteiger partial charge in [-0.2, -0.15) is 4.98 Å². The Morgan fingerprint density at radius 3 is 3.00 bits per heavy atom. The van der Waals surface area contributed by atoms with Crippen LogP contribution in [0, 0.1) is 0 Å². The van der Waals surface area contributed by atoms with Crippen LogP contribution >= 0.6 is 15.9 Å². The highest BCUT2D eigenvalue weighted by molar-refractivity contribution is 9.10. The summed E-state index contributed by atoms with van der Waals surface area (Å²) in [5, 5.41) is 6.92. The van der Waals surface area contributed by atoms with E-state index in [0.717, 1.165) is 41.0 Å². The fraction of sp³-hybridized carbons (Fsp3) is 0.429. The Morgan fingerprint density at radius 1 is 1.24 bits per heavy atom. The number of hydrogen-bond donors (Lipinski definition) is 1. The lowest BCUT2D eigenvalue weighted by Gasteiger charge is -2.12. The minimum absolute atomic E-state index is 0.641.